The molecule has 0 radical (unpaired) electrons. The Balaban J connectivity index is 1.39. The fourth-order valence-corrected chi connectivity index (χ4v) is 2.77. The zero-order chi connectivity index (χ0) is 13.9. The summed E-state index contributed by atoms with van der Waals surface area (Å²) in [6.45, 7) is 3.63. The summed E-state index contributed by atoms with van der Waals surface area (Å²) in [5, 5.41) is 5.54. The van der Waals surface area contributed by atoms with Gasteiger partial charge in [-0.15, -0.1) is 11.3 Å². The number of hydrogen-bond acceptors (Lipinski definition) is 3. The second-order valence-corrected chi connectivity index (χ2v) is 5.81. The predicted molar refractivity (Wildman–Crippen MR) is 86.5 cm³/mol. The Hall–Kier alpha value is -1.16. The third-order valence-electron chi connectivity index (χ3n) is 3.15. The molecule has 1 aromatic heterocycles. The van der Waals surface area contributed by atoms with Crippen LogP contribution in [-0.4, -0.2) is 26.3 Å². The normalized spacial score (nSPS) is 10.8. The van der Waals surface area contributed by atoms with Crippen molar-refractivity contribution in [1.29, 1.82) is 0 Å². The highest BCUT2D eigenvalue weighted by atomic mass is 32.1. The van der Waals surface area contributed by atoms with Gasteiger partial charge in [-0.3, -0.25) is 0 Å². The molecule has 0 amide bonds. The Morgan fingerprint density at radius 2 is 1.80 bits per heavy atom. The SMILES string of the molecule is c1ccc(CCCOCCNCCc2cccs2)cc1. The Bertz CT molecular complexity index is 441. The molecule has 108 valence electrons. The molecule has 1 heterocycles. The summed E-state index contributed by atoms with van der Waals surface area (Å²) in [6, 6.07) is 14.9. The second-order valence-electron chi connectivity index (χ2n) is 4.78. The minimum Gasteiger partial charge on any atom is -0.380 e. The summed E-state index contributed by atoms with van der Waals surface area (Å²) in [4.78, 5) is 1.45. The van der Waals surface area contributed by atoms with Gasteiger partial charge < -0.3 is 10.1 Å². The van der Waals surface area contributed by atoms with E-state index in [0.717, 1.165) is 45.6 Å². The minimum absolute atomic E-state index is 0.805. The van der Waals surface area contributed by atoms with Gasteiger partial charge in [0, 0.05) is 24.6 Å². The van der Waals surface area contributed by atoms with Gasteiger partial charge in [0.1, 0.15) is 0 Å². The zero-order valence-electron chi connectivity index (χ0n) is 11.9. The van der Waals surface area contributed by atoms with E-state index in [0.29, 0.717) is 0 Å². The molecule has 2 aromatic rings. The Kier molecular flexibility index (Phi) is 7.39. The number of rotatable bonds is 10. The largest absolute Gasteiger partial charge is 0.380 e. The lowest BCUT2D eigenvalue weighted by Crippen LogP contribution is -2.22. The summed E-state index contributed by atoms with van der Waals surface area (Å²) in [7, 11) is 0. The van der Waals surface area contributed by atoms with Crippen molar-refractivity contribution in [2.24, 2.45) is 0 Å². The molecule has 1 N–H and O–H groups in total. The van der Waals surface area contributed by atoms with Crippen LogP contribution in [0.4, 0.5) is 0 Å². The number of ether oxygens (including phenoxy) is 1. The van der Waals surface area contributed by atoms with Gasteiger partial charge in [-0.2, -0.15) is 0 Å². The van der Waals surface area contributed by atoms with Crippen LogP contribution >= 0.6 is 11.3 Å². The number of hydrogen-bond donors (Lipinski definition) is 1. The van der Waals surface area contributed by atoms with Crippen molar-refractivity contribution >= 4 is 11.3 Å². The zero-order valence-corrected chi connectivity index (χ0v) is 12.7. The third-order valence-corrected chi connectivity index (χ3v) is 4.08. The van der Waals surface area contributed by atoms with Crippen LogP contribution in [0, 0.1) is 0 Å². The Morgan fingerprint density at radius 3 is 2.60 bits per heavy atom. The molecule has 0 fully saturated rings. The fourth-order valence-electron chi connectivity index (χ4n) is 2.06. The number of aryl methyl sites for hydroxylation is 1. The highest BCUT2D eigenvalue weighted by Gasteiger charge is 1.94. The lowest BCUT2D eigenvalue weighted by molar-refractivity contribution is 0.134. The molecule has 0 aliphatic carbocycles. The van der Waals surface area contributed by atoms with Crippen molar-refractivity contribution in [1.82, 2.24) is 5.32 Å². The molecule has 0 aliphatic rings. The van der Waals surface area contributed by atoms with Crippen LogP contribution in [0.5, 0.6) is 0 Å². The number of thiophene rings is 1. The molecule has 3 heteroatoms. The van der Waals surface area contributed by atoms with E-state index in [-0.39, 0.29) is 0 Å². The average molecular weight is 289 g/mol. The van der Waals surface area contributed by atoms with Gasteiger partial charge in [0.2, 0.25) is 0 Å². The molecule has 20 heavy (non-hydrogen) atoms. The molecular weight excluding hydrogens is 266 g/mol. The molecule has 0 bridgehead atoms. The van der Waals surface area contributed by atoms with E-state index in [1.54, 1.807) is 0 Å². The van der Waals surface area contributed by atoms with Crippen LogP contribution in [0.3, 0.4) is 0 Å². The maximum atomic E-state index is 5.63. The van der Waals surface area contributed by atoms with E-state index in [4.69, 9.17) is 4.74 Å². The first-order valence-corrected chi connectivity index (χ1v) is 8.18. The maximum absolute atomic E-state index is 5.63. The van der Waals surface area contributed by atoms with Gasteiger partial charge in [-0.25, -0.2) is 0 Å². The molecular formula is C17H23NOS. The van der Waals surface area contributed by atoms with Crippen molar-refractivity contribution in [3.63, 3.8) is 0 Å². The second kappa shape index (κ2) is 9.70. The van der Waals surface area contributed by atoms with E-state index >= 15 is 0 Å². The van der Waals surface area contributed by atoms with Crippen molar-refractivity contribution < 1.29 is 4.74 Å². The molecule has 1 aromatic carbocycles. The van der Waals surface area contributed by atoms with Crippen molar-refractivity contribution in [3.05, 3.63) is 58.3 Å². The van der Waals surface area contributed by atoms with Gasteiger partial charge in [0.05, 0.1) is 6.61 Å². The van der Waals surface area contributed by atoms with E-state index in [9.17, 15) is 0 Å². The number of nitrogens with one attached hydrogen (secondary N) is 1. The smallest absolute Gasteiger partial charge is 0.0590 e. The van der Waals surface area contributed by atoms with E-state index in [1.165, 1.54) is 10.4 Å². The fraction of sp³-hybridized carbons (Fsp3) is 0.412. The summed E-state index contributed by atoms with van der Waals surface area (Å²) >= 11 is 1.82. The molecule has 0 saturated heterocycles. The van der Waals surface area contributed by atoms with Crippen LogP contribution in [0.1, 0.15) is 16.9 Å². The molecule has 2 rings (SSSR count). The Labute approximate surface area is 125 Å². The van der Waals surface area contributed by atoms with Crippen LogP contribution in [0.15, 0.2) is 47.8 Å². The lowest BCUT2D eigenvalue weighted by atomic mass is 10.1. The Morgan fingerprint density at radius 1 is 0.900 bits per heavy atom. The first kappa shape index (κ1) is 15.2. The lowest BCUT2D eigenvalue weighted by Gasteiger charge is -2.06. The van der Waals surface area contributed by atoms with Crippen LogP contribution in [-0.2, 0) is 17.6 Å². The van der Waals surface area contributed by atoms with E-state index < -0.39 is 0 Å². The summed E-state index contributed by atoms with van der Waals surface area (Å²) in [5.41, 5.74) is 1.39. The highest BCUT2D eigenvalue weighted by Crippen LogP contribution is 2.07. The highest BCUT2D eigenvalue weighted by molar-refractivity contribution is 7.09. The number of benzene rings is 1. The van der Waals surface area contributed by atoms with Gasteiger partial charge in [-0.1, -0.05) is 36.4 Å². The average Bonchev–Trinajstić information content (AvgIpc) is 3.00. The van der Waals surface area contributed by atoms with Crippen LogP contribution in [0.25, 0.3) is 0 Å². The molecule has 2 nitrogen and oxygen atoms in total. The molecule has 0 unspecified atom stereocenters. The molecule has 0 spiro atoms. The first-order chi connectivity index (χ1) is 9.95. The standard InChI is InChI=1S/C17H23NOS/c1-2-6-16(7-3-1)8-4-13-19-14-12-18-11-10-17-9-5-15-20-17/h1-3,5-7,9,15,18H,4,8,10-14H2. The van der Waals surface area contributed by atoms with Gasteiger partial charge in [0.25, 0.3) is 0 Å². The topological polar surface area (TPSA) is 21.3 Å². The van der Waals surface area contributed by atoms with Crippen LogP contribution in [0.2, 0.25) is 0 Å². The van der Waals surface area contributed by atoms with Crippen molar-refractivity contribution in [2.75, 3.05) is 26.3 Å². The molecule has 0 atom stereocenters. The first-order valence-electron chi connectivity index (χ1n) is 7.30. The monoisotopic (exact) mass is 289 g/mol. The third kappa shape index (κ3) is 6.33. The van der Waals surface area contributed by atoms with E-state index in [2.05, 4.69) is 53.2 Å². The summed E-state index contributed by atoms with van der Waals surface area (Å²) < 4.78 is 5.63. The summed E-state index contributed by atoms with van der Waals surface area (Å²) in [5.74, 6) is 0. The molecule has 0 aliphatic heterocycles. The van der Waals surface area contributed by atoms with E-state index in [1.807, 2.05) is 11.3 Å². The summed E-state index contributed by atoms with van der Waals surface area (Å²) in [6.07, 6.45) is 3.32. The predicted octanol–water partition coefficient (Wildman–Crippen LogP) is 3.53. The van der Waals surface area contributed by atoms with Crippen molar-refractivity contribution in [2.45, 2.75) is 19.3 Å². The van der Waals surface area contributed by atoms with Gasteiger partial charge in [0.15, 0.2) is 0 Å². The maximum Gasteiger partial charge on any atom is 0.0590 e. The van der Waals surface area contributed by atoms with Crippen LogP contribution < -0.4 is 5.32 Å². The quantitative estimate of drug-likeness (QED) is 0.676. The minimum atomic E-state index is 0.805. The molecule has 0 saturated carbocycles. The van der Waals surface area contributed by atoms with Crippen molar-refractivity contribution in [3.8, 4) is 0 Å². The van der Waals surface area contributed by atoms with Gasteiger partial charge in [-0.05, 0) is 36.3 Å². The van der Waals surface area contributed by atoms with Gasteiger partial charge >= 0.3 is 0 Å².